The van der Waals surface area contributed by atoms with Gasteiger partial charge in [-0.05, 0) is 37.2 Å². The first-order valence-corrected chi connectivity index (χ1v) is 8.64. The summed E-state index contributed by atoms with van der Waals surface area (Å²) in [4.78, 5) is 4.97. The first kappa shape index (κ1) is 16.7. The Morgan fingerprint density at radius 1 is 1.29 bits per heavy atom. The van der Waals surface area contributed by atoms with Crippen LogP contribution in [0.25, 0.3) is 0 Å². The number of likely N-dealkylation sites (N-methyl/N-ethyl adjacent to an activating group) is 1. The Kier molecular flexibility index (Phi) is 5.24. The molecule has 0 radical (unpaired) electrons. The fourth-order valence-corrected chi connectivity index (χ4v) is 4.06. The van der Waals surface area contributed by atoms with Gasteiger partial charge in [0.15, 0.2) is 0 Å². The molecule has 1 aliphatic rings. The lowest BCUT2D eigenvalue weighted by Crippen LogP contribution is -2.52. The highest BCUT2D eigenvalue weighted by Crippen LogP contribution is 2.24. The number of hydrazine groups is 1. The number of hydrogen-bond donors (Lipinski definition) is 2. The molecule has 1 fully saturated rings. The first-order valence-electron chi connectivity index (χ1n) is 6.78. The number of piperazine rings is 1. The zero-order valence-corrected chi connectivity index (χ0v) is 13.8. The van der Waals surface area contributed by atoms with Gasteiger partial charge in [0.1, 0.15) is 0 Å². The molecule has 8 heteroatoms. The van der Waals surface area contributed by atoms with E-state index in [-0.39, 0.29) is 11.4 Å². The second kappa shape index (κ2) is 6.60. The van der Waals surface area contributed by atoms with Crippen molar-refractivity contribution in [1.82, 2.24) is 14.7 Å². The van der Waals surface area contributed by atoms with Crippen LogP contribution in [0, 0.1) is 6.92 Å². The van der Waals surface area contributed by atoms with Gasteiger partial charge < -0.3 is 10.6 Å². The van der Waals surface area contributed by atoms with E-state index in [2.05, 4.69) is 9.73 Å². The molecular weight excluding hydrogens is 312 g/mol. The van der Waals surface area contributed by atoms with E-state index >= 15 is 0 Å². The van der Waals surface area contributed by atoms with Gasteiger partial charge in [0.2, 0.25) is 0 Å². The maximum atomic E-state index is 12.6. The number of nitrogens with two attached hydrogens (primary N) is 1. The van der Waals surface area contributed by atoms with E-state index in [9.17, 15) is 8.42 Å². The Balaban J connectivity index is 2.25. The van der Waals surface area contributed by atoms with Gasteiger partial charge in [0.25, 0.3) is 10.0 Å². The molecule has 0 bridgehead atoms. The predicted molar refractivity (Wildman–Crippen MR) is 83.5 cm³/mol. The number of nitrogens with zero attached hydrogens (tertiary/aromatic N) is 2. The molecule has 1 aromatic carbocycles. The number of rotatable bonds is 4. The molecule has 0 atom stereocenters. The number of nitrogens with one attached hydrogen (secondary N) is 1. The van der Waals surface area contributed by atoms with E-state index in [1.165, 1.54) is 6.07 Å². The maximum Gasteiger partial charge on any atom is 0.253 e. The van der Waals surface area contributed by atoms with Gasteiger partial charge in [-0.1, -0.05) is 11.6 Å². The molecule has 1 aromatic rings. The monoisotopic (exact) mass is 332 g/mol. The van der Waals surface area contributed by atoms with Crippen LogP contribution in [0.3, 0.4) is 0 Å². The van der Waals surface area contributed by atoms with E-state index in [0.717, 1.165) is 18.7 Å². The SMILES string of the molecule is Cc1c(CN)cc(Cl)cc1S(=O)(=O)NN1CCN(C)CC1. The Bertz CT molecular complexity index is 613. The third-order valence-corrected chi connectivity index (χ3v) is 5.41. The van der Waals surface area contributed by atoms with Crippen LogP contribution < -0.4 is 10.6 Å². The van der Waals surface area contributed by atoms with Crippen LogP contribution in [0.15, 0.2) is 17.0 Å². The van der Waals surface area contributed by atoms with Gasteiger partial charge in [0.05, 0.1) is 4.90 Å². The number of hydrogen-bond acceptors (Lipinski definition) is 5. The van der Waals surface area contributed by atoms with Crippen molar-refractivity contribution >= 4 is 21.6 Å². The van der Waals surface area contributed by atoms with E-state index in [0.29, 0.717) is 23.7 Å². The lowest BCUT2D eigenvalue weighted by atomic mass is 10.1. The zero-order chi connectivity index (χ0) is 15.6. The molecule has 0 unspecified atom stereocenters. The van der Waals surface area contributed by atoms with Crippen molar-refractivity contribution in [2.75, 3.05) is 33.2 Å². The summed E-state index contributed by atoms with van der Waals surface area (Å²) in [6.45, 7) is 4.95. The van der Waals surface area contributed by atoms with E-state index in [4.69, 9.17) is 17.3 Å². The molecule has 0 amide bonds. The third kappa shape index (κ3) is 3.94. The second-order valence-electron chi connectivity index (χ2n) is 5.28. The highest BCUT2D eigenvalue weighted by atomic mass is 35.5. The van der Waals surface area contributed by atoms with E-state index in [1.54, 1.807) is 18.0 Å². The van der Waals surface area contributed by atoms with Crippen molar-refractivity contribution in [2.45, 2.75) is 18.4 Å². The standard InChI is InChI=1S/C13H21ClN4O2S/c1-10-11(9-15)7-12(14)8-13(10)21(19,20)16-18-5-3-17(2)4-6-18/h7-8,16H,3-6,9,15H2,1-2H3. The van der Waals surface area contributed by atoms with Gasteiger partial charge >= 0.3 is 0 Å². The molecule has 0 aliphatic carbocycles. The molecule has 0 saturated carbocycles. The normalized spacial score (nSPS) is 18.1. The topological polar surface area (TPSA) is 78.7 Å². The van der Waals surface area contributed by atoms with Crippen molar-refractivity contribution in [3.8, 4) is 0 Å². The molecule has 1 saturated heterocycles. The fraction of sp³-hybridized carbons (Fsp3) is 0.538. The molecule has 0 spiro atoms. The van der Waals surface area contributed by atoms with Crippen molar-refractivity contribution in [3.05, 3.63) is 28.3 Å². The van der Waals surface area contributed by atoms with Crippen LogP contribution in [0.1, 0.15) is 11.1 Å². The van der Waals surface area contributed by atoms with E-state index < -0.39 is 10.0 Å². The van der Waals surface area contributed by atoms with Crippen LogP contribution >= 0.6 is 11.6 Å². The molecule has 3 N–H and O–H groups in total. The summed E-state index contributed by atoms with van der Waals surface area (Å²) in [6.07, 6.45) is 0. The number of benzene rings is 1. The highest BCUT2D eigenvalue weighted by Gasteiger charge is 2.24. The molecule has 2 rings (SSSR count). The van der Waals surface area contributed by atoms with Crippen LogP contribution in [-0.2, 0) is 16.6 Å². The average molecular weight is 333 g/mol. The molecule has 0 aromatic heterocycles. The Hall–Kier alpha value is -0.700. The van der Waals surface area contributed by atoms with Crippen LogP contribution in [0.5, 0.6) is 0 Å². The van der Waals surface area contributed by atoms with Crippen molar-refractivity contribution in [2.24, 2.45) is 5.73 Å². The summed E-state index contributed by atoms with van der Waals surface area (Å²) >= 11 is 6.00. The minimum absolute atomic E-state index is 0.189. The smallest absolute Gasteiger partial charge is 0.253 e. The average Bonchev–Trinajstić information content (AvgIpc) is 2.43. The van der Waals surface area contributed by atoms with Crippen molar-refractivity contribution < 1.29 is 8.42 Å². The Morgan fingerprint density at radius 3 is 2.48 bits per heavy atom. The fourth-order valence-electron chi connectivity index (χ4n) is 2.32. The Morgan fingerprint density at radius 2 is 1.90 bits per heavy atom. The van der Waals surface area contributed by atoms with Gasteiger partial charge in [-0.3, -0.25) is 0 Å². The largest absolute Gasteiger partial charge is 0.326 e. The highest BCUT2D eigenvalue weighted by molar-refractivity contribution is 7.89. The minimum Gasteiger partial charge on any atom is -0.326 e. The molecule has 118 valence electrons. The first-order chi connectivity index (χ1) is 9.83. The third-order valence-electron chi connectivity index (χ3n) is 3.69. The predicted octanol–water partition coefficient (Wildman–Crippen LogP) is 0.548. The number of halogens is 1. The summed E-state index contributed by atoms with van der Waals surface area (Å²) in [5.41, 5.74) is 7.02. The zero-order valence-electron chi connectivity index (χ0n) is 12.3. The van der Waals surface area contributed by atoms with Gasteiger partial charge in [-0.15, -0.1) is 4.83 Å². The molecular formula is C13H21ClN4O2S. The summed E-state index contributed by atoms with van der Waals surface area (Å²) < 4.78 is 25.1. The van der Waals surface area contributed by atoms with Gasteiger partial charge in [-0.25, -0.2) is 13.4 Å². The second-order valence-corrected chi connectivity index (χ2v) is 7.34. The quantitative estimate of drug-likeness (QED) is 0.841. The van der Waals surface area contributed by atoms with Crippen LogP contribution in [0.4, 0.5) is 0 Å². The van der Waals surface area contributed by atoms with Gasteiger partial charge in [0, 0.05) is 37.7 Å². The van der Waals surface area contributed by atoms with Crippen molar-refractivity contribution in [1.29, 1.82) is 0 Å². The van der Waals surface area contributed by atoms with E-state index in [1.807, 2.05) is 7.05 Å². The summed E-state index contributed by atoms with van der Waals surface area (Å²) in [5.74, 6) is 0. The maximum absolute atomic E-state index is 12.6. The summed E-state index contributed by atoms with van der Waals surface area (Å²) in [7, 11) is -1.63. The lowest BCUT2D eigenvalue weighted by molar-refractivity contribution is 0.135. The Labute approximate surface area is 130 Å². The van der Waals surface area contributed by atoms with Crippen LogP contribution in [-0.4, -0.2) is 51.6 Å². The molecule has 1 aliphatic heterocycles. The van der Waals surface area contributed by atoms with Gasteiger partial charge in [-0.2, -0.15) is 0 Å². The number of sulfonamides is 1. The summed E-state index contributed by atoms with van der Waals surface area (Å²) in [5, 5.41) is 2.09. The van der Waals surface area contributed by atoms with Crippen LogP contribution in [0.2, 0.25) is 5.02 Å². The summed E-state index contributed by atoms with van der Waals surface area (Å²) in [6, 6.07) is 3.17. The molecule has 6 nitrogen and oxygen atoms in total. The molecule has 1 heterocycles. The van der Waals surface area contributed by atoms with Crippen molar-refractivity contribution in [3.63, 3.8) is 0 Å². The molecule has 21 heavy (non-hydrogen) atoms. The minimum atomic E-state index is -3.65. The lowest BCUT2D eigenvalue weighted by Gasteiger charge is -2.32.